The summed E-state index contributed by atoms with van der Waals surface area (Å²) < 4.78 is 0. The fourth-order valence-corrected chi connectivity index (χ4v) is 4.82. The van der Waals surface area contributed by atoms with Gasteiger partial charge in [0.15, 0.2) is 0 Å². The standard InChI is InChI=1S/C17H26N2OS/c1-2-12-11-19(9-8-14(12)18)17(20)16-10-13-6-4-3-5-7-15(13)21-16/h10,12,14H,2-9,11,18H2,1H3. The minimum absolute atomic E-state index is 0.235. The lowest BCUT2D eigenvalue weighted by molar-refractivity contribution is 0.0654. The number of amides is 1. The predicted molar refractivity (Wildman–Crippen MR) is 87.9 cm³/mol. The minimum atomic E-state index is 0.235. The highest BCUT2D eigenvalue weighted by Gasteiger charge is 2.29. The van der Waals surface area contributed by atoms with Crippen molar-refractivity contribution in [1.82, 2.24) is 4.90 Å². The molecule has 1 aliphatic carbocycles. The van der Waals surface area contributed by atoms with Crippen LogP contribution in [-0.4, -0.2) is 29.9 Å². The minimum Gasteiger partial charge on any atom is -0.338 e. The van der Waals surface area contributed by atoms with Crippen molar-refractivity contribution >= 4 is 17.2 Å². The van der Waals surface area contributed by atoms with Gasteiger partial charge in [-0.25, -0.2) is 0 Å². The number of rotatable bonds is 2. The summed E-state index contributed by atoms with van der Waals surface area (Å²) in [6.45, 7) is 3.82. The van der Waals surface area contributed by atoms with E-state index in [9.17, 15) is 4.79 Å². The molecule has 2 N–H and O–H groups in total. The Balaban J connectivity index is 1.73. The van der Waals surface area contributed by atoms with Gasteiger partial charge in [-0.3, -0.25) is 4.79 Å². The summed E-state index contributed by atoms with van der Waals surface area (Å²) in [4.78, 5) is 17.2. The largest absolute Gasteiger partial charge is 0.338 e. The van der Waals surface area contributed by atoms with E-state index < -0.39 is 0 Å². The zero-order valence-corrected chi connectivity index (χ0v) is 13.8. The molecular weight excluding hydrogens is 280 g/mol. The van der Waals surface area contributed by atoms with E-state index in [1.807, 2.05) is 4.90 Å². The lowest BCUT2D eigenvalue weighted by atomic mass is 9.90. The summed E-state index contributed by atoms with van der Waals surface area (Å²) in [6.07, 6.45) is 8.19. The molecule has 116 valence electrons. The number of nitrogens with zero attached hydrogens (tertiary/aromatic N) is 1. The third kappa shape index (κ3) is 3.16. The van der Waals surface area contributed by atoms with Gasteiger partial charge >= 0.3 is 0 Å². The van der Waals surface area contributed by atoms with Gasteiger partial charge in [-0.1, -0.05) is 19.8 Å². The van der Waals surface area contributed by atoms with E-state index in [1.54, 1.807) is 11.3 Å². The van der Waals surface area contributed by atoms with Crippen LogP contribution in [0, 0.1) is 5.92 Å². The molecule has 0 saturated carbocycles. The van der Waals surface area contributed by atoms with Gasteiger partial charge in [-0.15, -0.1) is 11.3 Å². The number of carbonyl (C=O) groups excluding carboxylic acids is 1. The second-order valence-electron chi connectivity index (χ2n) is 6.49. The van der Waals surface area contributed by atoms with Crippen LogP contribution in [0.3, 0.4) is 0 Å². The maximum atomic E-state index is 12.8. The Hall–Kier alpha value is -0.870. The van der Waals surface area contributed by atoms with Crippen LogP contribution in [0.15, 0.2) is 6.07 Å². The Bertz CT molecular complexity index is 487. The van der Waals surface area contributed by atoms with Crippen molar-refractivity contribution in [3.8, 4) is 0 Å². The van der Waals surface area contributed by atoms with Crippen molar-refractivity contribution in [1.29, 1.82) is 0 Å². The molecular formula is C17H26N2OS. The SMILES string of the molecule is CCC1CN(C(=O)c2cc3c(s2)CCCCC3)CCC1N. The average molecular weight is 306 g/mol. The van der Waals surface area contributed by atoms with Crippen LogP contribution in [0.1, 0.15) is 59.1 Å². The van der Waals surface area contributed by atoms with Crippen LogP contribution in [0.5, 0.6) is 0 Å². The second-order valence-corrected chi connectivity index (χ2v) is 7.63. The van der Waals surface area contributed by atoms with Crippen molar-refractivity contribution in [2.24, 2.45) is 11.7 Å². The van der Waals surface area contributed by atoms with Gasteiger partial charge in [0, 0.05) is 24.0 Å². The Labute approximate surface area is 131 Å². The van der Waals surface area contributed by atoms with Crippen molar-refractivity contribution in [3.05, 3.63) is 21.4 Å². The summed E-state index contributed by atoms with van der Waals surface area (Å²) in [5.74, 6) is 0.693. The van der Waals surface area contributed by atoms with E-state index in [1.165, 1.54) is 29.7 Å². The van der Waals surface area contributed by atoms with E-state index in [4.69, 9.17) is 5.73 Å². The number of hydrogen-bond donors (Lipinski definition) is 1. The zero-order chi connectivity index (χ0) is 14.8. The molecule has 2 unspecified atom stereocenters. The number of nitrogens with two attached hydrogens (primary N) is 1. The molecule has 0 radical (unpaired) electrons. The molecule has 2 heterocycles. The van der Waals surface area contributed by atoms with Crippen LogP contribution in [0.4, 0.5) is 0 Å². The molecule has 1 amide bonds. The highest BCUT2D eigenvalue weighted by atomic mass is 32.1. The fraction of sp³-hybridized carbons (Fsp3) is 0.706. The Kier molecular flexibility index (Phi) is 4.65. The molecule has 4 heteroatoms. The summed E-state index contributed by atoms with van der Waals surface area (Å²) in [7, 11) is 0. The monoisotopic (exact) mass is 306 g/mol. The van der Waals surface area contributed by atoms with Crippen LogP contribution in [0.2, 0.25) is 0 Å². The van der Waals surface area contributed by atoms with Crippen molar-refractivity contribution in [2.75, 3.05) is 13.1 Å². The fourth-order valence-electron chi connectivity index (χ4n) is 3.60. The lowest BCUT2D eigenvalue weighted by Gasteiger charge is -2.36. The topological polar surface area (TPSA) is 46.3 Å². The van der Waals surface area contributed by atoms with E-state index in [0.717, 1.165) is 43.6 Å². The van der Waals surface area contributed by atoms with Crippen LogP contribution >= 0.6 is 11.3 Å². The molecule has 2 aliphatic rings. The molecule has 1 saturated heterocycles. The quantitative estimate of drug-likeness (QED) is 0.853. The normalized spacial score (nSPS) is 26.3. The van der Waals surface area contributed by atoms with Gasteiger partial charge in [0.1, 0.15) is 0 Å². The number of fused-ring (bicyclic) bond motifs is 1. The molecule has 3 rings (SSSR count). The number of aryl methyl sites for hydroxylation is 2. The number of carbonyl (C=O) groups is 1. The number of thiophene rings is 1. The smallest absolute Gasteiger partial charge is 0.263 e. The first kappa shape index (κ1) is 15.0. The summed E-state index contributed by atoms with van der Waals surface area (Å²) in [5, 5.41) is 0. The number of piperidine rings is 1. The molecule has 1 aromatic rings. The van der Waals surface area contributed by atoms with Crippen LogP contribution in [0.25, 0.3) is 0 Å². The highest BCUT2D eigenvalue weighted by Crippen LogP contribution is 2.30. The molecule has 0 spiro atoms. The first-order valence-corrected chi connectivity index (χ1v) is 9.17. The maximum absolute atomic E-state index is 12.8. The van der Waals surface area contributed by atoms with E-state index in [2.05, 4.69) is 13.0 Å². The van der Waals surface area contributed by atoms with Gasteiger partial charge < -0.3 is 10.6 Å². The van der Waals surface area contributed by atoms with Gasteiger partial charge in [-0.05, 0) is 49.7 Å². The summed E-state index contributed by atoms with van der Waals surface area (Å²) in [5.41, 5.74) is 7.58. The Morgan fingerprint density at radius 2 is 2.19 bits per heavy atom. The number of likely N-dealkylation sites (tertiary alicyclic amines) is 1. The Morgan fingerprint density at radius 1 is 1.38 bits per heavy atom. The third-order valence-electron chi connectivity index (χ3n) is 5.06. The van der Waals surface area contributed by atoms with E-state index in [-0.39, 0.29) is 11.9 Å². The molecule has 21 heavy (non-hydrogen) atoms. The molecule has 3 nitrogen and oxygen atoms in total. The zero-order valence-electron chi connectivity index (χ0n) is 12.9. The van der Waals surface area contributed by atoms with E-state index in [0.29, 0.717) is 5.92 Å². The average Bonchev–Trinajstić information content (AvgIpc) is 2.78. The first-order valence-electron chi connectivity index (χ1n) is 8.35. The van der Waals surface area contributed by atoms with E-state index >= 15 is 0 Å². The summed E-state index contributed by atoms with van der Waals surface area (Å²) in [6, 6.07) is 2.43. The van der Waals surface area contributed by atoms with Gasteiger partial charge in [0.25, 0.3) is 5.91 Å². The van der Waals surface area contributed by atoms with Crippen LogP contribution in [-0.2, 0) is 12.8 Å². The highest BCUT2D eigenvalue weighted by molar-refractivity contribution is 7.14. The Morgan fingerprint density at radius 3 is 3.00 bits per heavy atom. The van der Waals surface area contributed by atoms with Gasteiger partial charge in [-0.2, -0.15) is 0 Å². The van der Waals surface area contributed by atoms with Crippen molar-refractivity contribution in [2.45, 2.75) is 57.9 Å². The molecule has 1 aromatic heterocycles. The van der Waals surface area contributed by atoms with Gasteiger partial charge in [0.2, 0.25) is 0 Å². The molecule has 1 fully saturated rings. The van der Waals surface area contributed by atoms with Crippen molar-refractivity contribution < 1.29 is 4.79 Å². The number of hydrogen-bond acceptors (Lipinski definition) is 3. The molecule has 0 bridgehead atoms. The molecule has 0 aromatic carbocycles. The van der Waals surface area contributed by atoms with Crippen molar-refractivity contribution in [3.63, 3.8) is 0 Å². The predicted octanol–water partition coefficient (Wildman–Crippen LogP) is 3.22. The second kappa shape index (κ2) is 6.49. The van der Waals surface area contributed by atoms with Gasteiger partial charge in [0.05, 0.1) is 4.88 Å². The first-order chi connectivity index (χ1) is 10.2. The lowest BCUT2D eigenvalue weighted by Crippen LogP contribution is -2.48. The third-order valence-corrected chi connectivity index (χ3v) is 6.29. The molecule has 2 atom stereocenters. The molecule has 1 aliphatic heterocycles. The van der Waals surface area contributed by atoms with Crippen LogP contribution < -0.4 is 5.73 Å². The summed E-state index contributed by atoms with van der Waals surface area (Å²) >= 11 is 1.74. The maximum Gasteiger partial charge on any atom is 0.263 e.